The van der Waals surface area contributed by atoms with Crippen molar-refractivity contribution in [1.29, 1.82) is 0 Å². The number of carbonyl (C=O) groups is 3. The second-order valence-corrected chi connectivity index (χ2v) is 7.87. The molecule has 2 atom stereocenters. The number of amides is 4. The van der Waals surface area contributed by atoms with Crippen LogP contribution in [0.1, 0.15) is 22.2 Å². The average Bonchev–Trinajstić information content (AvgIpc) is 3.23. The Bertz CT molecular complexity index is 1210. The molecule has 0 bridgehead atoms. The number of urea groups is 1. The number of imide groups is 1. The average molecular weight is 437 g/mol. The number of rotatable bonds is 2. The van der Waals surface area contributed by atoms with E-state index in [0.717, 1.165) is 4.90 Å². The number of anilines is 1. The van der Waals surface area contributed by atoms with E-state index in [2.05, 4.69) is 4.98 Å². The van der Waals surface area contributed by atoms with E-state index in [-0.39, 0.29) is 17.3 Å². The molecular formula is C22H17ClN4O4. The minimum atomic E-state index is -0.908. The highest BCUT2D eigenvalue weighted by Gasteiger charge is 2.55. The Labute approximate surface area is 182 Å². The van der Waals surface area contributed by atoms with Crippen LogP contribution in [0, 0.1) is 0 Å². The summed E-state index contributed by atoms with van der Waals surface area (Å²) in [6.45, 7) is 0. The summed E-state index contributed by atoms with van der Waals surface area (Å²) in [5, 5.41) is 0.552. The van der Waals surface area contributed by atoms with Crippen LogP contribution in [0.5, 0.6) is 0 Å². The molecule has 2 aromatic carbocycles. The van der Waals surface area contributed by atoms with Crippen LogP contribution < -0.4 is 4.90 Å². The monoisotopic (exact) mass is 436 g/mol. The van der Waals surface area contributed by atoms with E-state index in [4.69, 9.17) is 16.0 Å². The second kappa shape index (κ2) is 6.95. The molecule has 3 heterocycles. The van der Waals surface area contributed by atoms with Crippen LogP contribution in [0.15, 0.2) is 59.0 Å². The molecule has 2 aliphatic heterocycles. The normalized spacial score (nSPS) is 20.7. The van der Waals surface area contributed by atoms with Crippen LogP contribution in [-0.4, -0.2) is 52.9 Å². The molecule has 5 rings (SSSR count). The third-order valence-electron chi connectivity index (χ3n) is 5.63. The first kappa shape index (κ1) is 19.3. The largest absolute Gasteiger partial charge is 0.439 e. The number of hydrogen-bond acceptors (Lipinski definition) is 5. The summed E-state index contributed by atoms with van der Waals surface area (Å²) in [6, 6.07) is 15.2. The maximum Gasteiger partial charge on any atom is 0.327 e. The molecule has 1 saturated heterocycles. The maximum atomic E-state index is 13.5. The summed E-state index contributed by atoms with van der Waals surface area (Å²) in [4.78, 5) is 47.7. The summed E-state index contributed by atoms with van der Waals surface area (Å²) in [7, 11) is 2.98. The van der Waals surface area contributed by atoms with Crippen molar-refractivity contribution < 1.29 is 18.8 Å². The summed E-state index contributed by atoms with van der Waals surface area (Å²) in [6.07, 6.45) is -0.871. The summed E-state index contributed by atoms with van der Waals surface area (Å²) in [5.41, 5.74) is 1.23. The Morgan fingerprint density at radius 1 is 0.968 bits per heavy atom. The lowest BCUT2D eigenvalue weighted by Gasteiger charge is -2.47. The Hall–Kier alpha value is -3.65. The van der Waals surface area contributed by atoms with Gasteiger partial charge in [0.15, 0.2) is 11.5 Å². The molecule has 0 aliphatic carbocycles. The molecule has 0 spiro atoms. The fraction of sp³-hybridized carbons (Fsp3) is 0.182. The van der Waals surface area contributed by atoms with Gasteiger partial charge in [0, 0.05) is 30.4 Å². The quantitative estimate of drug-likeness (QED) is 0.612. The van der Waals surface area contributed by atoms with E-state index in [1.165, 1.54) is 16.8 Å². The van der Waals surface area contributed by atoms with Crippen molar-refractivity contribution in [3.63, 3.8) is 0 Å². The standard InChI is InChI=1S/C22H17ClN4O4/c1-25-19-15(20(28)26(2)22(25)30)17-16(21(29)27(19)14-6-4-3-5-7-14)24-18(31-17)12-8-10-13(23)11-9-12/h3-11,15,19H,1-2H3/t15-,19-/m0/s1. The first-order valence-corrected chi connectivity index (χ1v) is 9.96. The number of para-hydroxylation sites is 1. The van der Waals surface area contributed by atoms with Crippen LogP contribution in [-0.2, 0) is 4.79 Å². The van der Waals surface area contributed by atoms with Crippen molar-refractivity contribution in [3.05, 3.63) is 71.1 Å². The van der Waals surface area contributed by atoms with Crippen LogP contribution in [0.4, 0.5) is 10.5 Å². The summed E-state index contributed by atoms with van der Waals surface area (Å²) < 4.78 is 5.97. The molecular weight excluding hydrogens is 420 g/mol. The van der Waals surface area contributed by atoms with Gasteiger partial charge in [-0.15, -0.1) is 0 Å². The van der Waals surface area contributed by atoms with E-state index < -0.39 is 29.9 Å². The van der Waals surface area contributed by atoms with Gasteiger partial charge in [0.05, 0.1) is 0 Å². The Kier molecular flexibility index (Phi) is 4.33. The molecule has 156 valence electrons. The number of nitrogens with zero attached hydrogens (tertiary/aromatic N) is 4. The predicted octanol–water partition coefficient (Wildman–Crippen LogP) is 3.59. The molecule has 1 aromatic heterocycles. The third kappa shape index (κ3) is 2.83. The van der Waals surface area contributed by atoms with Gasteiger partial charge >= 0.3 is 6.03 Å². The molecule has 8 nitrogen and oxygen atoms in total. The smallest absolute Gasteiger partial charge is 0.327 e. The van der Waals surface area contributed by atoms with Crippen LogP contribution in [0.25, 0.3) is 11.5 Å². The van der Waals surface area contributed by atoms with E-state index in [9.17, 15) is 14.4 Å². The van der Waals surface area contributed by atoms with Gasteiger partial charge in [-0.05, 0) is 36.4 Å². The van der Waals surface area contributed by atoms with Gasteiger partial charge in [0.2, 0.25) is 11.8 Å². The first-order valence-electron chi connectivity index (χ1n) is 9.58. The fourth-order valence-electron chi connectivity index (χ4n) is 4.08. The molecule has 9 heteroatoms. The van der Waals surface area contributed by atoms with E-state index >= 15 is 0 Å². The van der Waals surface area contributed by atoms with Gasteiger partial charge < -0.3 is 9.32 Å². The van der Waals surface area contributed by atoms with Crippen molar-refractivity contribution in [2.45, 2.75) is 12.1 Å². The number of likely N-dealkylation sites (N-methyl/N-ethyl adjacent to an activating group) is 2. The number of fused-ring (bicyclic) bond motifs is 3. The highest BCUT2D eigenvalue weighted by Crippen LogP contribution is 2.42. The molecule has 3 aromatic rings. The lowest BCUT2D eigenvalue weighted by Crippen LogP contribution is -2.66. The SMILES string of the molecule is CN1C(=O)[C@H]2c3oc(-c4ccc(Cl)cc4)nc3C(=O)N(c3ccccc3)[C@@H]2N(C)C1=O. The predicted molar refractivity (Wildman–Crippen MR) is 113 cm³/mol. The van der Waals surface area contributed by atoms with Gasteiger partial charge in [0.25, 0.3) is 5.91 Å². The first-order chi connectivity index (χ1) is 14.9. The zero-order valence-electron chi connectivity index (χ0n) is 16.7. The molecule has 1 fully saturated rings. The second-order valence-electron chi connectivity index (χ2n) is 7.43. The molecule has 2 aliphatic rings. The minimum absolute atomic E-state index is 0.0551. The number of carbonyl (C=O) groups excluding carboxylic acids is 3. The molecule has 4 amide bonds. The molecule has 0 radical (unpaired) electrons. The Morgan fingerprint density at radius 3 is 2.32 bits per heavy atom. The molecule has 31 heavy (non-hydrogen) atoms. The van der Waals surface area contributed by atoms with Gasteiger partial charge in [-0.3, -0.25) is 19.4 Å². The molecule has 0 saturated carbocycles. The summed E-state index contributed by atoms with van der Waals surface area (Å²) >= 11 is 5.97. The van der Waals surface area contributed by atoms with Crippen molar-refractivity contribution in [2.24, 2.45) is 0 Å². The van der Waals surface area contributed by atoms with Crippen LogP contribution >= 0.6 is 11.6 Å². The molecule has 0 unspecified atom stereocenters. The Balaban J connectivity index is 1.71. The topological polar surface area (TPSA) is 87.0 Å². The van der Waals surface area contributed by atoms with Crippen molar-refractivity contribution in [3.8, 4) is 11.5 Å². The van der Waals surface area contributed by atoms with Crippen molar-refractivity contribution >= 4 is 35.1 Å². The minimum Gasteiger partial charge on any atom is -0.439 e. The zero-order chi connectivity index (χ0) is 21.9. The van der Waals surface area contributed by atoms with Crippen LogP contribution in [0.3, 0.4) is 0 Å². The van der Waals surface area contributed by atoms with Crippen LogP contribution in [0.2, 0.25) is 5.02 Å². The lowest BCUT2D eigenvalue weighted by molar-refractivity contribution is -0.133. The van der Waals surface area contributed by atoms with Gasteiger partial charge in [-0.2, -0.15) is 0 Å². The summed E-state index contributed by atoms with van der Waals surface area (Å²) in [5.74, 6) is -1.44. The van der Waals surface area contributed by atoms with Gasteiger partial charge in [-0.1, -0.05) is 29.8 Å². The van der Waals surface area contributed by atoms with E-state index in [1.54, 1.807) is 55.6 Å². The number of aromatic nitrogens is 1. The Morgan fingerprint density at radius 2 is 1.65 bits per heavy atom. The third-order valence-corrected chi connectivity index (χ3v) is 5.88. The van der Waals surface area contributed by atoms with Gasteiger partial charge in [0.1, 0.15) is 12.1 Å². The van der Waals surface area contributed by atoms with Gasteiger partial charge in [-0.25, -0.2) is 9.78 Å². The highest BCUT2D eigenvalue weighted by atomic mass is 35.5. The number of benzene rings is 2. The van der Waals surface area contributed by atoms with E-state index in [1.807, 2.05) is 6.07 Å². The van der Waals surface area contributed by atoms with Crippen molar-refractivity contribution in [1.82, 2.24) is 14.8 Å². The fourth-order valence-corrected chi connectivity index (χ4v) is 4.20. The maximum absolute atomic E-state index is 13.5. The van der Waals surface area contributed by atoms with Crippen molar-refractivity contribution in [2.75, 3.05) is 19.0 Å². The number of hydrogen-bond donors (Lipinski definition) is 0. The number of oxazole rings is 1. The lowest BCUT2D eigenvalue weighted by atomic mass is 9.90. The number of halogens is 1. The molecule has 0 N–H and O–H groups in total. The highest BCUT2D eigenvalue weighted by molar-refractivity contribution is 6.30. The zero-order valence-corrected chi connectivity index (χ0v) is 17.4. The van der Waals surface area contributed by atoms with E-state index in [0.29, 0.717) is 16.3 Å².